The molecule has 3 aliphatic heterocycles. The number of hydrogen-bond donors (Lipinski definition) is 1. The van der Waals surface area contributed by atoms with Crippen LogP contribution in [0.1, 0.15) is 65.7 Å². The summed E-state index contributed by atoms with van der Waals surface area (Å²) in [4.78, 5) is 7.63. The summed E-state index contributed by atoms with van der Waals surface area (Å²) in [5, 5.41) is 3.62. The summed E-state index contributed by atoms with van der Waals surface area (Å²) in [6, 6.07) is 2.73. The van der Waals surface area contributed by atoms with E-state index in [0.29, 0.717) is 12.1 Å². The van der Waals surface area contributed by atoms with Crippen LogP contribution in [0.5, 0.6) is 0 Å². The Balaban J connectivity index is 1.65. The molecule has 2 saturated heterocycles. The third-order valence-corrected chi connectivity index (χ3v) is 5.03. The minimum Gasteiger partial charge on any atom is -0.354 e. The molecule has 0 unspecified atom stereocenters. The average Bonchev–Trinajstić information content (AvgIpc) is 2.72. The zero-order chi connectivity index (χ0) is 13.4. The van der Waals surface area contributed by atoms with Crippen molar-refractivity contribution < 1.29 is 0 Å². The van der Waals surface area contributed by atoms with E-state index in [-0.39, 0.29) is 0 Å². The summed E-state index contributed by atoms with van der Waals surface area (Å²) in [7, 11) is 0. The second-order valence-corrected chi connectivity index (χ2v) is 7.24. The second-order valence-electron chi connectivity index (χ2n) is 7.24. The molecular formula is C16H29N3. The zero-order valence-electron chi connectivity index (χ0n) is 12.7. The molecule has 0 saturated carbocycles. The first kappa shape index (κ1) is 13.3. The molecule has 0 aromatic rings. The first-order valence-corrected chi connectivity index (χ1v) is 8.26. The average molecular weight is 263 g/mol. The molecule has 0 radical (unpaired) electrons. The number of rotatable bonds is 4. The van der Waals surface area contributed by atoms with Crippen LogP contribution in [0.15, 0.2) is 4.99 Å². The Kier molecular flexibility index (Phi) is 3.72. The molecule has 108 valence electrons. The van der Waals surface area contributed by atoms with Gasteiger partial charge < -0.3 is 10.2 Å². The van der Waals surface area contributed by atoms with Crippen molar-refractivity contribution in [2.45, 2.75) is 89.9 Å². The topological polar surface area (TPSA) is 27.6 Å². The maximum absolute atomic E-state index is 5.02. The lowest BCUT2D eigenvalue weighted by atomic mass is 9.96. The maximum atomic E-state index is 5.02. The highest BCUT2D eigenvalue weighted by atomic mass is 15.4. The summed E-state index contributed by atoms with van der Waals surface area (Å²) in [6.45, 7) is 6.94. The van der Waals surface area contributed by atoms with Crippen molar-refractivity contribution in [2.75, 3.05) is 0 Å². The molecule has 0 aromatic heterocycles. The molecule has 3 nitrogen and oxygen atoms in total. The molecule has 19 heavy (non-hydrogen) atoms. The summed E-state index contributed by atoms with van der Waals surface area (Å²) in [5.41, 5.74) is 0. The van der Waals surface area contributed by atoms with Crippen molar-refractivity contribution in [3.63, 3.8) is 0 Å². The minimum absolute atomic E-state index is 0.576. The van der Waals surface area contributed by atoms with E-state index >= 15 is 0 Å². The Morgan fingerprint density at radius 2 is 2.00 bits per heavy atom. The highest BCUT2D eigenvalue weighted by molar-refractivity contribution is 5.83. The van der Waals surface area contributed by atoms with Gasteiger partial charge in [0, 0.05) is 18.1 Å². The summed E-state index contributed by atoms with van der Waals surface area (Å²) in [6.07, 6.45) is 9.34. The van der Waals surface area contributed by atoms with Gasteiger partial charge >= 0.3 is 0 Å². The number of hydrogen-bond acceptors (Lipinski definition) is 3. The van der Waals surface area contributed by atoms with E-state index in [2.05, 4.69) is 31.0 Å². The third kappa shape index (κ3) is 2.75. The Hall–Kier alpha value is -0.730. The summed E-state index contributed by atoms with van der Waals surface area (Å²) in [5.74, 6) is 2.06. The van der Waals surface area contributed by atoms with Gasteiger partial charge in [-0.3, -0.25) is 0 Å². The van der Waals surface area contributed by atoms with Gasteiger partial charge in [-0.05, 0) is 44.9 Å². The largest absolute Gasteiger partial charge is 0.354 e. The molecule has 3 heterocycles. The van der Waals surface area contributed by atoms with Gasteiger partial charge in [-0.25, -0.2) is 4.99 Å². The molecule has 0 amide bonds. The van der Waals surface area contributed by atoms with Gasteiger partial charge in [0.05, 0.1) is 6.04 Å². The minimum atomic E-state index is 0.576. The van der Waals surface area contributed by atoms with E-state index in [1.807, 2.05) is 0 Å². The fourth-order valence-corrected chi connectivity index (χ4v) is 4.12. The second kappa shape index (κ2) is 5.34. The molecule has 4 atom stereocenters. The molecule has 0 aliphatic carbocycles. The highest BCUT2D eigenvalue weighted by Crippen LogP contribution is 2.36. The smallest absolute Gasteiger partial charge is 0.194 e. The Labute approximate surface area is 117 Å². The van der Waals surface area contributed by atoms with Gasteiger partial charge in [-0.15, -0.1) is 0 Å². The van der Waals surface area contributed by atoms with E-state index in [1.165, 1.54) is 50.9 Å². The number of aliphatic imine (C=N–C) groups is 1. The molecule has 3 heteroatoms. The van der Waals surface area contributed by atoms with Gasteiger partial charge in [-0.2, -0.15) is 0 Å². The molecule has 3 rings (SSSR count). The molecule has 2 fully saturated rings. The van der Waals surface area contributed by atoms with Crippen LogP contribution in [0.25, 0.3) is 0 Å². The van der Waals surface area contributed by atoms with E-state index in [4.69, 9.17) is 4.99 Å². The molecule has 0 spiro atoms. The van der Waals surface area contributed by atoms with Gasteiger partial charge in [0.2, 0.25) is 0 Å². The quantitative estimate of drug-likeness (QED) is 0.843. The lowest BCUT2D eigenvalue weighted by molar-refractivity contribution is 0.209. The van der Waals surface area contributed by atoms with Crippen molar-refractivity contribution in [1.29, 1.82) is 0 Å². The van der Waals surface area contributed by atoms with Crippen LogP contribution in [-0.2, 0) is 0 Å². The Bertz CT molecular complexity index is 350. The first-order valence-electron chi connectivity index (χ1n) is 8.26. The van der Waals surface area contributed by atoms with Crippen molar-refractivity contribution in [1.82, 2.24) is 10.2 Å². The molecule has 0 bridgehead atoms. The standard InChI is InChI=1S/C16H29N3/c1-11(2)5-4-6-13-10-15-8-7-14-9-12(3)17-16(18-13)19(14)15/h11-15H,4-10H2,1-3H3,(H,17,18)/t12-,13+,14+,15-/m0/s1. The number of guanidine groups is 1. The first-order chi connectivity index (χ1) is 9.13. The van der Waals surface area contributed by atoms with Crippen molar-refractivity contribution in [2.24, 2.45) is 10.9 Å². The maximum Gasteiger partial charge on any atom is 0.194 e. The molecule has 0 aromatic carbocycles. The fourth-order valence-electron chi connectivity index (χ4n) is 4.12. The lowest BCUT2D eigenvalue weighted by Crippen LogP contribution is -2.59. The van der Waals surface area contributed by atoms with Crippen LogP contribution in [0.4, 0.5) is 0 Å². The monoisotopic (exact) mass is 263 g/mol. The van der Waals surface area contributed by atoms with Gasteiger partial charge in [0.25, 0.3) is 0 Å². The van der Waals surface area contributed by atoms with Crippen LogP contribution in [0.3, 0.4) is 0 Å². The summed E-state index contributed by atoms with van der Waals surface area (Å²) >= 11 is 0. The highest BCUT2D eigenvalue weighted by Gasteiger charge is 2.43. The fraction of sp³-hybridized carbons (Fsp3) is 0.938. The van der Waals surface area contributed by atoms with Gasteiger partial charge in [-0.1, -0.05) is 26.7 Å². The van der Waals surface area contributed by atoms with Crippen molar-refractivity contribution >= 4 is 5.96 Å². The van der Waals surface area contributed by atoms with Crippen LogP contribution in [-0.4, -0.2) is 35.0 Å². The van der Waals surface area contributed by atoms with Crippen molar-refractivity contribution in [3.05, 3.63) is 0 Å². The van der Waals surface area contributed by atoms with E-state index in [9.17, 15) is 0 Å². The van der Waals surface area contributed by atoms with Gasteiger partial charge in [0.15, 0.2) is 5.96 Å². The predicted octanol–water partition coefficient (Wildman–Crippen LogP) is 3.16. The van der Waals surface area contributed by atoms with Crippen LogP contribution in [0, 0.1) is 5.92 Å². The summed E-state index contributed by atoms with van der Waals surface area (Å²) < 4.78 is 0. The third-order valence-electron chi connectivity index (χ3n) is 5.03. The molecule has 1 N–H and O–H groups in total. The molecule has 3 aliphatic rings. The predicted molar refractivity (Wildman–Crippen MR) is 80.4 cm³/mol. The van der Waals surface area contributed by atoms with Crippen LogP contribution >= 0.6 is 0 Å². The van der Waals surface area contributed by atoms with Crippen LogP contribution in [0.2, 0.25) is 0 Å². The Morgan fingerprint density at radius 1 is 1.26 bits per heavy atom. The Morgan fingerprint density at radius 3 is 2.74 bits per heavy atom. The van der Waals surface area contributed by atoms with E-state index in [1.54, 1.807) is 0 Å². The van der Waals surface area contributed by atoms with E-state index < -0.39 is 0 Å². The zero-order valence-corrected chi connectivity index (χ0v) is 12.7. The SMILES string of the molecule is CC(C)CCC[C@@H]1C[C@@H]2CC[C@@H]3C[C@H](C)NC(=N1)N32. The lowest BCUT2D eigenvalue weighted by Gasteiger charge is -2.44. The van der Waals surface area contributed by atoms with Gasteiger partial charge in [0.1, 0.15) is 0 Å². The van der Waals surface area contributed by atoms with E-state index in [0.717, 1.165) is 18.0 Å². The normalized spacial score (nSPS) is 37.1. The number of nitrogens with zero attached hydrogens (tertiary/aromatic N) is 2. The van der Waals surface area contributed by atoms with Crippen LogP contribution < -0.4 is 5.32 Å². The molecular weight excluding hydrogens is 234 g/mol. The number of nitrogens with one attached hydrogen (secondary N) is 1. The van der Waals surface area contributed by atoms with Crippen molar-refractivity contribution in [3.8, 4) is 0 Å².